The Labute approximate surface area is 111 Å². The third kappa shape index (κ3) is 1.98. The summed E-state index contributed by atoms with van der Waals surface area (Å²) >= 11 is 0. The molecule has 0 saturated heterocycles. The second kappa shape index (κ2) is 4.25. The zero-order valence-electron chi connectivity index (χ0n) is 11.8. The standard InChI is InChI=1S/C16H27NO/c1-10(2)15-12-5-11-6-13(15)9-16(7-11,8-12)4-3-14(17)18/h10-13,15H,3-9H2,1-2H3,(H2,17,18). The van der Waals surface area contributed by atoms with Gasteiger partial charge >= 0.3 is 0 Å². The Hall–Kier alpha value is -0.530. The molecule has 2 atom stereocenters. The summed E-state index contributed by atoms with van der Waals surface area (Å²) in [6, 6.07) is 0. The Morgan fingerprint density at radius 2 is 1.83 bits per heavy atom. The molecule has 4 aliphatic carbocycles. The Morgan fingerprint density at radius 3 is 2.33 bits per heavy atom. The number of hydrogen-bond acceptors (Lipinski definition) is 1. The quantitative estimate of drug-likeness (QED) is 0.815. The minimum Gasteiger partial charge on any atom is -0.370 e. The molecule has 0 aromatic rings. The van der Waals surface area contributed by atoms with E-state index in [1.807, 2.05) is 0 Å². The van der Waals surface area contributed by atoms with Crippen LogP contribution in [0.3, 0.4) is 0 Å². The van der Waals surface area contributed by atoms with E-state index in [2.05, 4.69) is 13.8 Å². The van der Waals surface area contributed by atoms with Crippen LogP contribution in [0.15, 0.2) is 0 Å². The number of carbonyl (C=O) groups is 1. The van der Waals surface area contributed by atoms with Gasteiger partial charge in [0, 0.05) is 6.42 Å². The Bertz CT molecular complexity index is 333. The molecule has 102 valence electrons. The Balaban J connectivity index is 1.76. The van der Waals surface area contributed by atoms with E-state index in [1.165, 1.54) is 32.1 Å². The number of primary amides is 1. The normalized spacial score (nSPS) is 45.7. The lowest BCUT2D eigenvalue weighted by atomic mass is 9.44. The molecule has 0 aliphatic heterocycles. The second-order valence-corrected chi connectivity index (χ2v) is 7.76. The summed E-state index contributed by atoms with van der Waals surface area (Å²) in [5.74, 6) is 4.56. The van der Waals surface area contributed by atoms with Crippen molar-refractivity contribution in [1.29, 1.82) is 0 Å². The molecular formula is C16H27NO. The average molecular weight is 249 g/mol. The molecule has 2 unspecified atom stereocenters. The topological polar surface area (TPSA) is 43.1 Å². The van der Waals surface area contributed by atoms with Gasteiger partial charge in [-0.3, -0.25) is 4.79 Å². The summed E-state index contributed by atoms with van der Waals surface area (Å²) in [5.41, 5.74) is 5.86. The molecule has 0 spiro atoms. The van der Waals surface area contributed by atoms with E-state index in [4.69, 9.17) is 5.73 Å². The van der Waals surface area contributed by atoms with E-state index in [9.17, 15) is 4.79 Å². The number of nitrogens with two attached hydrogens (primary N) is 1. The van der Waals surface area contributed by atoms with Crippen molar-refractivity contribution in [2.45, 2.75) is 58.8 Å². The van der Waals surface area contributed by atoms with Gasteiger partial charge in [-0.2, -0.15) is 0 Å². The first kappa shape index (κ1) is 12.5. The molecule has 4 rings (SSSR count). The van der Waals surface area contributed by atoms with E-state index in [-0.39, 0.29) is 5.91 Å². The van der Waals surface area contributed by atoms with Crippen molar-refractivity contribution < 1.29 is 4.79 Å². The fourth-order valence-electron chi connectivity index (χ4n) is 6.02. The van der Waals surface area contributed by atoms with E-state index in [1.54, 1.807) is 0 Å². The third-order valence-corrected chi connectivity index (χ3v) is 6.14. The molecule has 0 aromatic heterocycles. The molecule has 2 N–H and O–H groups in total. The highest BCUT2D eigenvalue weighted by Gasteiger charge is 2.55. The van der Waals surface area contributed by atoms with Crippen LogP contribution in [0, 0.1) is 35.0 Å². The van der Waals surface area contributed by atoms with Crippen LogP contribution in [0.25, 0.3) is 0 Å². The zero-order chi connectivity index (χ0) is 12.9. The van der Waals surface area contributed by atoms with Crippen molar-refractivity contribution in [2.24, 2.45) is 40.7 Å². The summed E-state index contributed by atoms with van der Waals surface area (Å²) < 4.78 is 0. The average Bonchev–Trinajstić information content (AvgIpc) is 2.24. The van der Waals surface area contributed by atoms with E-state index in [0.29, 0.717) is 11.8 Å². The predicted octanol–water partition coefficient (Wildman–Crippen LogP) is 3.35. The van der Waals surface area contributed by atoms with E-state index >= 15 is 0 Å². The van der Waals surface area contributed by atoms with Crippen molar-refractivity contribution in [3.63, 3.8) is 0 Å². The number of rotatable bonds is 4. The maximum Gasteiger partial charge on any atom is 0.217 e. The summed E-state index contributed by atoms with van der Waals surface area (Å²) in [6.07, 6.45) is 8.77. The van der Waals surface area contributed by atoms with E-state index < -0.39 is 0 Å². The lowest BCUT2D eigenvalue weighted by Gasteiger charge is -2.61. The van der Waals surface area contributed by atoms with Gasteiger partial charge < -0.3 is 5.73 Å². The van der Waals surface area contributed by atoms with Crippen molar-refractivity contribution in [3.05, 3.63) is 0 Å². The number of amides is 1. The van der Waals surface area contributed by atoms with Gasteiger partial charge in [-0.25, -0.2) is 0 Å². The maximum absolute atomic E-state index is 11.1. The van der Waals surface area contributed by atoms with Gasteiger partial charge in [0.25, 0.3) is 0 Å². The highest BCUT2D eigenvalue weighted by molar-refractivity contribution is 5.73. The summed E-state index contributed by atoms with van der Waals surface area (Å²) in [6.45, 7) is 4.81. The Kier molecular flexibility index (Phi) is 2.95. The summed E-state index contributed by atoms with van der Waals surface area (Å²) in [7, 11) is 0. The molecule has 18 heavy (non-hydrogen) atoms. The molecule has 2 heteroatoms. The van der Waals surface area contributed by atoms with Crippen molar-refractivity contribution in [2.75, 3.05) is 0 Å². The van der Waals surface area contributed by atoms with Gasteiger partial charge in [-0.1, -0.05) is 13.8 Å². The smallest absolute Gasteiger partial charge is 0.217 e. The fourth-order valence-corrected chi connectivity index (χ4v) is 6.02. The zero-order valence-corrected chi connectivity index (χ0v) is 11.8. The third-order valence-electron chi connectivity index (χ3n) is 6.14. The van der Waals surface area contributed by atoms with Crippen LogP contribution in [0.1, 0.15) is 58.8 Å². The monoisotopic (exact) mass is 249 g/mol. The molecule has 4 saturated carbocycles. The van der Waals surface area contributed by atoms with Crippen LogP contribution >= 0.6 is 0 Å². The molecule has 2 nitrogen and oxygen atoms in total. The first-order chi connectivity index (χ1) is 8.49. The molecule has 1 amide bonds. The minimum atomic E-state index is -0.105. The first-order valence-corrected chi connectivity index (χ1v) is 7.77. The second-order valence-electron chi connectivity index (χ2n) is 7.76. The first-order valence-electron chi connectivity index (χ1n) is 7.77. The molecule has 4 aliphatic rings. The van der Waals surface area contributed by atoms with Crippen LogP contribution in [-0.2, 0) is 4.79 Å². The highest BCUT2D eigenvalue weighted by Crippen LogP contribution is 2.64. The van der Waals surface area contributed by atoms with Crippen LogP contribution in [-0.4, -0.2) is 5.91 Å². The largest absolute Gasteiger partial charge is 0.370 e. The summed E-state index contributed by atoms with van der Waals surface area (Å²) in [4.78, 5) is 11.1. The number of carbonyl (C=O) groups excluding carboxylic acids is 1. The van der Waals surface area contributed by atoms with Gasteiger partial charge in [0.1, 0.15) is 0 Å². The molecule has 0 radical (unpaired) electrons. The molecule has 0 heterocycles. The van der Waals surface area contributed by atoms with Crippen molar-refractivity contribution >= 4 is 5.91 Å². The fraction of sp³-hybridized carbons (Fsp3) is 0.938. The van der Waals surface area contributed by atoms with Gasteiger partial charge in [0.15, 0.2) is 0 Å². The van der Waals surface area contributed by atoms with Gasteiger partial charge in [-0.05, 0) is 73.5 Å². The SMILES string of the molecule is CC(C)C1C2CC3CC1CC(CCC(N)=O)(C3)C2. The van der Waals surface area contributed by atoms with E-state index in [0.717, 1.165) is 36.0 Å². The maximum atomic E-state index is 11.1. The summed E-state index contributed by atoms with van der Waals surface area (Å²) in [5, 5.41) is 0. The molecule has 4 bridgehead atoms. The lowest BCUT2D eigenvalue weighted by Crippen LogP contribution is -2.52. The van der Waals surface area contributed by atoms with Gasteiger partial charge in [0.05, 0.1) is 0 Å². The van der Waals surface area contributed by atoms with Crippen molar-refractivity contribution in [3.8, 4) is 0 Å². The van der Waals surface area contributed by atoms with Gasteiger partial charge in [-0.15, -0.1) is 0 Å². The molecule has 4 fully saturated rings. The van der Waals surface area contributed by atoms with Crippen molar-refractivity contribution in [1.82, 2.24) is 0 Å². The van der Waals surface area contributed by atoms with Crippen LogP contribution in [0.2, 0.25) is 0 Å². The number of hydrogen-bond donors (Lipinski definition) is 1. The van der Waals surface area contributed by atoms with Crippen LogP contribution in [0.4, 0.5) is 0 Å². The Morgan fingerprint density at radius 1 is 1.22 bits per heavy atom. The lowest BCUT2D eigenvalue weighted by molar-refractivity contribution is -0.126. The highest BCUT2D eigenvalue weighted by atomic mass is 16.1. The van der Waals surface area contributed by atoms with Crippen LogP contribution < -0.4 is 5.73 Å². The predicted molar refractivity (Wildman–Crippen MR) is 72.7 cm³/mol. The molecule has 0 aromatic carbocycles. The minimum absolute atomic E-state index is 0.105. The van der Waals surface area contributed by atoms with Crippen LogP contribution in [0.5, 0.6) is 0 Å². The molecular weight excluding hydrogens is 222 g/mol. The van der Waals surface area contributed by atoms with Gasteiger partial charge in [0.2, 0.25) is 5.91 Å².